The average molecular weight is 103 g/mol. The number of hydrogen-bond donors (Lipinski definition) is 2. The fourth-order valence-corrected chi connectivity index (χ4v) is 0.436. The van der Waals surface area contributed by atoms with Crippen molar-refractivity contribution in [2.45, 2.75) is 5.50 Å². The van der Waals surface area contributed by atoms with E-state index in [2.05, 4.69) is 28.2 Å². The highest BCUT2D eigenvalue weighted by atomic mass is 32.1. The first kappa shape index (κ1) is 4.08. The Morgan fingerprint density at radius 3 is 2.83 bits per heavy atom. The minimum atomic E-state index is -0.0509. The van der Waals surface area contributed by atoms with Gasteiger partial charge in [-0.15, -0.1) is 12.6 Å². The summed E-state index contributed by atoms with van der Waals surface area (Å²) in [5.74, 6) is 0. The average Bonchev–Trinajstić information content (AvgIpc) is 1.86. The first-order valence-corrected chi connectivity index (χ1v) is 2.19. The maximum atomic E-state index is 3.92. The zero-order chi connectivity index (χ0) is 4.41. The molecule has 0 saturated carbocycles. The molecule has 1 aliphatic rings. The minimum absolute atomic E-state index is 0.0509. The van der Waals surface area contributed by atoms with Crippen molar-refractivity contribution in [3.05, 3.63) is 0 Å². The van der Waals surface area contributed by atoms with Gasteiger partial charge in [0.2, 0.25) is 0 Å². The lowest BCUT2D eigenvalue weighted by molar-refractivity contribution is 0.789. The second-order valence-corrected chi connectivity index (χ2v) is 1.48. The molecular formula is C2H5N3S. The van der Waals surface area contributed by atoms with Crippen LogP contribution in [0.5, 0.6) is 0 Å². The molecule has 0 amide bonds. The van der Waals surface area contributed by atoms with Crippen molar-refractivity contribution in [2.75, 3.05) is 6.67 Å². The SMILES string of the molecule is SC1N=NCN1. The second kappa shape index (κ2) is 1.57. The van der Waals surface area contributed by atoms with E-state index >= 15 is 0 Å². The van der Waals surface area contributed by atoms with Crippen molar-refractivity contribution in [1.82, 2.24) is 5.32 Å². The Labute approximate surface area is 41.3 Å². The number of azo groups is 1. The van der Waals surface area contributed by atoms with Crippen LogP contribution in [0.15, 0.2) is 10.2 Å². The third kappa shape index (κ3) is 0.693. The maximum Gasteiger partial charge on any atom is 0.166 e. The molecule has 1 heterocycles. The van der Waals surface area contributed by atoms with Crippen LogP contribution in [0.25, 0.3) is 0 Å². The summed E-state index contributed by atoms with van der Waals surface area (Å²) in [5, 5.41) is 10.1. The molecule has 1 aliphatic heterocycles. The Hall–Kier alpha value is -0.0900. The quantitative estimate of drug-likeness (QED) is 0.422. The van der Waals surface area contributed by atoms with Gasteiger partial charge in [0.15, 0.2) is 5.50 Å². The largest absolute Gasteiger partial charge is 0.265 e. The number of hydrogen-bond acceptors (Lipinski definition) is 4. The van der Waals surface area contributed by atoms with E-state index in [0.717, 1.165) is 0 Å². The summed E-state index contributed by atoms with van der Waals surface area (Å²) < 4.78 is 0. The van der Waals surface area contributed by atoms with E-state index in [-0.39, 0.29) is 5.50 Å². The lowest BCUT2D eigenvalue weighted by Crippen LogP contribution is -2.14. The molecule has 1 atom stereocenters. The number of rotatable bonds is 0. The molecule has 34 valence electrons. The molecule has 0 aromatic carbocycles. The van der Waals surface area contributed by atoms with E-state index in [1.165, 1.54) is 0 Å². The summed E-state index contributed by atoms with van der Waals surface area (Å²) >= 11 is 3.92. The van der Waals surface area contributed by atoms with Crippen LogP contribution in [-0.4, -0.2) is 12.2 Å². The van der Waals surface area contributed by atoms with Gasteiger partial charge in [-0.25, -0.2) is 0 Å². The third-order valence-electron chi connectivity index (χ3n) is 0.536. The first-order valence-electron chi connectivity index (χ1n) is 1.67. The second-order valence-electron chi connectivity index (χ2n) is 0.993. The summed E-state index contributed by atoms with van der Waals surface area (Å²) in [5.41, 5.74) is -0.0509. The highest BCUT2D eigenvalue weighted by Gasteiger charge is 2.00. The molecule has 0 saturated heterocycles. The third-order valence-corrected chi connectivity index (χ3v) is 0.821. The topological polar surface area (TPSA) is 36.8 Å². The lowest BCUT2D eigenvalue weighted by atomic mass is 11.0. The maximum absolute atomic E-state index is 3.92. The van der Waals surface area contributed by atoms with Gasteiger partial charge in [0.1, 0.15) is 6.67 Å². The van der Waals surface area contributed by atoms with Crippen LogP contribution < -0.4 is 5.32 Å². The molecule has 0 bridgehead atoms. The molecule has 0 spiro atoms. The molecule has 0 aromatic heterocycles. The predicted molar refractivity (Wildman–Crippen MR) is 25.6 cm³/mol. The van der Waals surface area contributed by atoms with E-state index in [1.807, 2.05) is 0 Å². The lowest BCUT2D eigenvalue weighted by Gasteiger charge is -1.88. The van der Waals surface area contributed by atoms with Gasteiger partial charge in [0.05, 0.1) is 0 Å². The predicted octanol–water partition coefficient (Wildman–Crippen LogP) is 0.213. The van der Waals surface area contributed by atoms with Crippen LogP contribution in [0.2, 0.25) is 0 Å². The van der Waals surface area contributed by atoms with Crippen molar-refractivity contribution < 1.29 is 0 Å². The first-order chi connectivity index (χ1) is 2.89. The van der Waals surface area contributed by atoms with E-state index in [4.69, 9.17) is 0 Å². The van der Waals surface area contributed by atoms with Crippen molar-refractivity contribution >= 4 is 12.6 Å². The van der Waals surface area contributed by atoms with Crippen LogP contribution in [-0.2, 0) is 0 Å². The van der Waals surface area contributed by atoms with E-state index in [1.54, 1.807) is 0 Å². The molecule has 0 aliphatic carbocycles. The zero-order valence-corrected chi connectivity index (χ0v) is 4.02. The summed E-state index contributed by atoms with van der Waals surface area (Å²) in [7, 11) is 0. The minimum Gasteiger partial charge on any atom is -0.265 e. The van der Waals surface area contributed by atoms with Crippen LogP contribution >= 0.6 is 12.6 Å². The molecular weight excluding hydrogens is 98.1 g/mol. The van der Waals surface area contributed by atoms with Crippen molar-refractivity contribution in [3.63, 3.8) is 0 Å². The highest BCUT2D eigenvalue weighted by Crippen LogP contribution is 1.96. The molecule has 1 N–H and O–H groups in total. The van der Waals surface area contributed by atoms with Crippen LogP contribution in [0.3, 0.4) is 0 Å². The molecule has 0 aromatic rings. The molecule has 1 unspecified atom stereocenters. The fraction of sp³-hybridized carbons (Fsp3) is 1.00. The van der Waals surface area contributed by atoms with Crippen LogP contribution in [0, 0.1) is 0 Å². The molecule has 3 nitrogen and oxygen atoms in total. The van der Waals surface area contributed by atoms with Gasteiger partial charge in [0.25, 0.3) is 0 Å². The van der Waals surface area contributed by atoms with Crippen LogP contribution in [0.1, 0.15) is 0 Å². The van der Waals surface area contributed by atoms with Gasteiger partial charge in [-0.2, -0.15) is 10.2 Å². The van der Waals surface area contributed by atoms with Gasteiger partial charge in [0, 0.05) is 0 Å². The smallest absolute Gasteiger partial charge is 0.166 e. The number of nitrogens with zero attached hydrogens (tertiary/aromatic N) is 2. The molecule has 0 fully saturated rings. The van der Waals surface area contributed by atoms with E-state index in [9.17, 15) is 0 Å². The monoisotopic (exact) mass is 103 g/mol. The van der Waals surface area contributed by atoms with Crippen LogP contribution in [0.4, 0.5) is 0 Å². The zero-order valence-electron chi connectivity index (χ0n) is 3.13. The van der Waals surface area contributed by atoms with Gasteiger partial charge in [-0.05, 0) is 0 Å². The Morgan fingerprint density at radius 1 is 1.83 bits per heavy atom. The Kier molecular flexibility index (Phi) is 1.07. The van der Waals surface area contributed by atoms with Crippen molar-refractivity contribution in [2.24, 2.45) is 10.2 Å². The number of nitrogens with one attached hydrogen (secondary N) is 1. The van der Waals surface area contributed by atoms with Gasteiger partial charge in [-0.3, -0.25) is 5.32 Å². The van der Waals surface area contributed by atoms with Gasteiger partial charge >= 0.3 is 0 Å². The highest BCUT2D eigenvalue weighted by molar-refractivity contribution is 7.80. The Morgan fingerprint density at radius 2 is 2.67 bits per heavy atom. The van der Waals surface area contributed by atoms with Crippen molar-refractivity contribution in [3.8, 4) is 0 Å². The van der Waals surface area contributed by atoms with Gasteiger partial charge in [-0.1, -0.05) is 0 Å². The summed E-state index contributed by atoms with van der Waals surface area (Å²) in [6.45, 7) is 0.619. The number of thiol groups is 1. The van der Waals surface area contributed by atoms with Gasteiger partial charge < -0.3 is 0 Å². The summed E-state index contributed by atoms with van der Waals surface area (Å²) in [6, 6.07) is 0. The molecule has 0 radical (unpaired) electrons. The van der Waals surface area contributed by atoms with E-state index in [0.29, 0.717) is 6.67 Å². The Balaban J connectivity index is 2.38. The Bertz CT molecular complexity index is 71.2. The summed E-state index contributed by atoms with van der Waals surface area (Å²) in [4.78, 5) is 0. The fourth-order valence-electron chi connectivity index (χ4n) is 0.281. The summed E-state index contributed by atoms with van der Waals surface area (Å²) in [6.07, 6.45) is 0. The molecule has 4 heteroatoms. The van der Waals surface area contributed by atoms with E-state index < -0.39 is 0 Å². The van der Waals surface area contributed by atoms with Crippen molar-refractivity contribution in [1.29, 1.82) is 0 Å². The molecule has 6 heavy (non-hydrogen) atoms. The molecule has 1 rings (SSSR count). The normalized spacial score (nSPS) is 31.8. The standard InChI is InChI=1S/C2H5N3S/c6-2-3-1-4-5-2/h2-3,6H,1H2.